The maximum absolute atomic E-state index is 13.2. The molecule has 8 nitrogen and oxygen atoms in total. The van der Waals surface area contributed by atoms with Crippen LogP contribution in [0.15, 0.2) is 48.8 Å². The number of carbonyl (C=O) groups is 2. The zero-order valence-electron chi connectivity index (χ0n) is 20.4. The van der Waals surface area contributed by atoms with E-state index in [1.54, 1.807) is 12.4 Å². The van der Waals surface area contributed by atoms with Crippen LogP contribution in [0.4, 0.5) is 10.5 Å². The van der Waals surface area contributed by atoms with Gasteiger partial charge >= 0.3 is 6.09 Å². The van der Waals surface area contributed by atoms with Gasteiger partial charge in [0.25, 0.3) is 0 Å². The van der Waals surface area contributed by atoms with Gasteiger partial charge in [-0.05, 0) is 64.7 Å². The van der Waals surface area contributed by atoms with Crippen LogP contribution in [-0.2, 0) is 16.1 Å². The zero-order chi connectivity index (χ0) is 24.3. The van der Waals surface area contributed by atoms with Gasteiger partial charge in [-0.3, -0.25) is 14.7 Å². The molecule has 0 N–H and O–H groups in total. The van der Waals surface area contributed by atoms with Crippen LogP contribution in [0.2, 0.25) is 0 Å². The third-order valence-electron chi connectivity index (χ3n) is 6.12. The zero-order valence-corrected chi connectivity index (χ0v) is 20.4. The van der Waals surface area contributed by atoms with Crippen LogP contribution >= 0.6 is 0 Å². The first kappa shape index (κ1) is 23.7. The number of aromatic nitrogens is 3. The van der Waals surface area contributed by atoms with Crippen LogP contribution in [0.3, 0.4) is 0 Å². The molecule has 0 unspecified atom stereocenters. The SMILES string of the molecule is Cc1nc2cnccc2n1CC1CCN(C(=O)CN(C(=O)OC(C)(C)C)c2ccccc2)CC1. The highest BCUT2D eigenvalue weighted by Crippen LogP contribution is 2.24. The quantitative estimate of drug-likeness (QED) is 0.560. The van der Waals surface area contributed by atoms with Gasteiger partial charge in [0.2, 0.25) is 5.91 Å². The van der Waals surface area contributed by atoms with Crippen molar-refractivity contribution in [2.75, 3.05) is 24.5 Å². The maximum Gasteiger partial charge on any atom is 0.415 e. The number of fused-ring (bicyclic) bond motifs is 1. The average Bonchev–Trinajstić information content (AvgIpc) is 3.12. The second-order valence-corrected chi connectivity index (χ2v) is 9.86. The number of ether oxygens (including phenoxy) is 1. The van der Waals surface area contributed by atoms with Gasteiger partial charge in [-0.25, -0.2) is 9.78 Å². The Morgan fingerprint density at radius 2 is 1.82 bits per heavy atom. The lowest BCUT2D eigenvalue weighted by atomic mass is 9.96. The van der Waals surface area contributed by atoms with Crippen molar-refractivity contribution in [3.63, 3.8) is 0 Å². The Hall–Kier alpha value is -3.42. The first-order chi connectivity index (χ1) is 16.2. The molecule has 4 rings (SSSR count). The molecular weight excluding hydrogens is 430 g/mol. The predicted molar refractivity (Wildman–Crippen MR) is 132 cm³/mol. The average molecular weight is 464 g/mol. The fourth-order valence-corrected chi connectivity index (χ4v) is 4.38. The molecule has 3 aromatic rings. The number of aryl methyl sites for hydroxylation is 1. The van der Waals surface area contributed by atoms with Crippen molar-refractivity contribution in [2.24, 2.45) is 5.92 Å². The molecule has 0 atom stereocenters. The lowest BCUT2D eigenvalue weighted by molar-refractivity contribution is -0.131. The van der Waals surface area contributed by atoms with Crippen molar-refractivity contribution >= 4 is 28.7 Å². The Bertz CT molecular complexity index is 1140. The molecule has 0 aliphatic carbocycles. The van der Waals surface area contributed by atoms with Gasteiger partial charge in [0, 0.05) is 31.5 Å². The highest BCUT2D eigenvalue weighted by atomic mass is 16.6. The van der Waals surface area contributed by atoms with Gasteiger partial charge in [0.15, 0.2) is 0 Å². The highest BCUT2D eigenvalue weighted by Gasteiger charge is 2.29. The van der Waals surface area contributed by atoms with E-state index < -0.39 is 11.7 Å². The van der Waals surface area contributed by atoms with Crippen LogP contribution in [0.25, 0.3) is 11.0 Å². The van der Waals surface area contributed by atoms with Crippen molar-refractivity contribution in [3.05, 3.63) is 54.6 Å². The van der Waals surface area contributed by atoms with Crippen LogP contribution in [-0.4, -0.2) is 56.7 Å². The number of carbonyl (C=O) groups excluding carboxylic acids is 2. The standard InChI is InChI=1S/C26H33N5O3/c1-19-28-22-16-27-13-10-23(22)30(19)17-20-11-14-29(15-12-20)24(32)18-31(21-8-6-5-7-9-21)25(33)34-26(2,3)4/h5-10,13,16,20H,11-12,14-15,17-18H2,1-4H3. The minimum Gasteiger partial charge on any atom is -0.443 e. The minimum atomic E-state index is -0.642. The Balaban J connectivity index is 1.38. The Labute approximate surface area is 200 Å². The Morgan fingerprint density at radius 3 is 2.50 bits per heavy atom. The third-order valence-corrected chi connectivity index (χ3v) is 6.12. The summed E-state index contributed by atoms with van der Waals surface area (Å²) in [4.78, 5) is 38.1. The third kappa shape index (κ3) is 5.55. The normalized spacial score (nSPS) is 14.9. The maximum atomic E-state index is 13.2. The summed E-state index contributed by atoms with van der Waals surface area (Å²) < 4.78 is 7.82. The summed E-state index contributed by atoms with van der Waals surface area (Å²) in [5.41, 5.74) is 2.02. The number of pyridine rings is 1. The number of para-hydroxylation sites is 1. The number of benzene rings is 1. The van der Waals surface area contributed by atoms with Crippen molar-refractivity contribution in [1.82, 2.24) is 19.4 Å². The van der Waals surface area contributed by atoms with Crippen molar-refractivity contribution in [3.8, 4) is 0 Å². The van der Waals surface area contributed by atoms with E-state index in [1.807, 2.05) is 69.0 Å². The summed E-state index contributed by atoms with van der Waals surface area (Å²) in [6.45, 7) is 9.67. The van der Waals surface area contributed by atoms with Crippen LogP contribution in [0.1, 0.15) is 39.4 Å². The molecule has 1 aliphatic rings. The van der Waals surface area contributed by atoms with E-state index in [0.29, 0.717) is 24.7 Å². The summed E-state index contributed by atoms with van der Waals surface area (Å²) in [5, 5.41) is 0. The van der Waals surface area contributed by atoms with E-state index in [2.05, 4.69) is 14.5 Å². The molecule has 0 bridgehead atoms. The van der Waals surface area contributed by atoms with E-state index in [4.69, 9.17) is 4.74 Å². The largest absolute Gasteiger partial charge is 0.443 e. The van der Waals surface area contributed by atoms with Gasteiger partial charge in [0.1, 0.15) is 23.5 Å². The first-order valence-electron chi connectivity index (χ1n) is 11.8. The molecule has 2 aromatic heterocycles. The van der Waals surface area contributed by atoms with E-state index in [-0.39, 0.29) is 12.5 Å². The van der Waals surface area contributed by atoms with E-state index in [1.165, 1.54) is 4.90 Å². The fourth-order valence-electron chi connectivity index (χ4n) is 4.38. The lowest BCUT2D eigenvalue weighted by Gasteiger charge is -2.34. The van der Waals surface area contributed by atoms with Crippen molar-refractivity contribution in [1.29, 1.82) is 0 Å². The number of anilines is 1. The summed E-state index contributed by atoms with van der Waals surface area (Å²) in [5.74, 6) is 1.38. The van der Waals surface area contributed by atoms with Crippen molar-refractivity contribution in [2.45, 2.75) is 52.7 Å². The van der Waals surface area contributed by atoms with Gasteiger partial charge in [-0.1, -0.05) is 18.2 Å². The predicted octanol–water partition coefficient (Wildman–Crippen LogP) is 4.42. The Kier molecular flexibility index (Phi) is 6.86. The topological polar surface area (TPSA) is 80.6 Å². The van der Waals surface area contributed by atoms with Crippen LogP contribution < -0.4 is 4.90 Å². The van der Waals surface area contributed by atoms with Crippen LogP contribution in [0, 0.1) is 12.8 Å². The van der Waals surface area contributed by atoms with Gasteiger partial charge in [-0.15, -0.1) is 0 Å². The molecule has 1 aromatic carbocycles. The molecule has 1 aliphatic heterocycles. The van der Waals surface area contributed by atoms with Gasteiger partial charge < -0.3 is 14.2 Å². The molecule has 180 valence electrons. The minimum absolute atomic E-state index is 0.0398. The molecule has 34 heavy (non-hydrogen) atoms. The first-order valence-corrected chi connectivity index (χ1v) is 11.8. The number of hydrogen-bond acceptors (Lipinski definition) is 5. The number of nitrogens with zero attached hydrogens (tertiary/aromatic N) is 5. The monoisotopic (exact) mass is 463 g/mol. The summed E-state index contributed by atoms with van der Waals surface area (Å²) in [6, 6.07) is 11.2. The molecule has 1 saturated heterocycles. The smallest absolute Gasteiger partial charge is 0.415 e. The van der Waals surface area contributed by atoms with Gasteiger partial charge in [-0.2, -0.15) is 0 Å². The fraction of sp³-hybridized carbons (Fsp3) is 0.462. The molecular formula is C26H33N5O3. The summed E-state index contributed by atoms with van der Waals surface area (Å²) in [7, 11) is 0. The number of amides is 2. The molecule has 0 radical (unpaired) electrons. The van der Waals surface area contributed by atoms with Crippen LogP contribution in [0.5, 0.6) is 0 Å². The summed E-state index contributed by atoms with van der Waals surface area (Å²) >= 11 is 0. The molecule has 0 saturated carbocycles. The van der Waals surface area contributed by atoms with E-state index in [0.717, 1.165) is 36.2 Å². The molecule has 3 heterocycles. The number of rotatable bonds is 5. The second-order valence-electron chi connectivity index (χ2n) is 9.86. The number of piperidine rings is 1. The highest BCUT2D eigenvalue weighted by molar-refractivity contribution is 5.95. The molecule has 1 fully saturated rings. The van der Waals surface area contributed by atoms with E-state index in [9.17, 15) is 9.59 Å². The van der Waals surface area contributed by atoms with Gasteiger partial charge in [0.05, 0.1) is 11.7 Å². The summed E-state index contributed by atoms with van der Waals surface area (Å²) in [6.07, 6.45) is 4.90. The number of imidazole rings is 1. The van der Waals surface area contributed by atoms with E-state index >= 15 is 0 Å². The molecule has 8 heteroatoms. The molecule has 2 amide bonds. The number of likely N-dealkylation sites (tertiary alicyclic amines) is 1. The second kappa shape index (κ2) is 9.83. The number of hydrogen-bond donors (Lipinski definition) is 0. The Morgan fingerprint density at radius 1 is 1.12 bits per heavy atom. The molecule has 0 spiro atoms. The van der Waals surface area contributed by atoms with Crippen molar-refractivity contribution < 1.29 is 14.3 Å². The lowest BCUT2D eigenvalue weighted by Crippen LogP contribution is -2.47.